The number of amides is 1. The molecule has 2 aromatic heterocycles. The summed E-state index contributed by atoms with van der Waals surface area (Å²) in [6, 6.07) is 28.5. The smallest absolute Gasteiger partial charge is 0.293 e. The third kappa shape index (κ3) is 11.6. The van der Waals surface area contributed by atoms with Gasteiger partial charge in [-0.05, 0) is 157 Å². The lowest BCUT2D eigenvalue weighted by molar-refractivity contribution is -0.384. The number of hydrogen-bond donors (Lipinski definition) is 4. The summed E-state index contributed by atoms with van der Waals surface area (Å²) in [7, 11) is -2.90. The molecule has 2 saturated heterocycles. The van der Waals surface area contributed by atoms with E-state index in [-0.39, 0.29) is 34.4 Å². The summed E-state index contributed by atoms with van der Waals surface area (Å²) in [6.45, 7) is 12.2. The molecule has 2 saturated carbocycles. The molecular weight excluding hydrogens is 1040 g/mol. The van der Waals surface area contributed by atoms with Crippen molar-refractivity contribution in [2.24, 2.45) is 11.3 Å². The Kier molecular flexibility index (Phi) is 15.0. The van der Waals surface area contributed by atoms with Crippen LogP contribution in [0.3, 0.4) is 0 Å². The number of carbonyl (C=O) groups excluding carboxylic acids is 1. The molecular formula is C57H67BrN8O8S. The minimum atomic E-state index is -4.59. The third-order valence-electron chi connectivity index (χ3n) is 16.4. The quantitative estimate of drug-likeness (QED) is 0.0528. The Morgan fingerprint density at radius 1 is 0.960 bits per heavy atom. The van der Waals surface area contributed by atoms with Crippen molar-refractivity contribution in [2.45, 2.75) is 107 Å². The van der Waals surface area contributed by atoms with Gasteiger partial charge in [-0.3, -0.25) is 24.7 Å². The molecule has 4 heterocycles. The number of nitro groups is 1. The average molecular weight is 1100 g/mol. The Morgan fingerprint density at radius 3 is 2.47 bits per heavy atom. The molecule has 18 heteroatoms. The Morgan fingerprint density at radius 2 is 1.73 bits per heavy atom. The van der Waals surface area contributed by atoms with Gasteiger partial charge in [-0.1, -0.05) is 44.2 Å². The topological polar surface area (TPSA) is 195 Å². The van der Waals surface area contributed by atoms with Gasteiger partial charge in [0.2, 0.25) is 0 Å². The van der Waals surface area contributed by atoms with E-state index in [0.717, 1.165) is 105 Å². The van der Waals surface area contributed by atoms with Gasteiger partial charge in [0.05, 0.1) is 38.8 Å². The summed E-state index contributed by atoms with van der Waals surface area (Å²) in [5, 5.41) is 26.5. The highest BCUT2D eigenvalue weighted by Gasteiger charge is 2.50. The number of nitrogens with zero attached hydrogens (tertiary/aromatic N) is 5. The van der Waals surface area contributed by atoms with Crippen molar-refractivity contribution in [1.82, 2.24) is 24.5 Å². The molecule has 1 spiro atoms. The number of hydrogen-bond acceptors (Lipinski definition) is 13. The van der Waals surface area contributed by atoms with Crippen molar-refractivity contribution in [3.05, 3.63) is 140 Å². The maximum Gasteiger partial charge on any atom is 0.293 e. The standard InChI is InChI=1S/C57H67BrN8O8S/c1-37(2)45-7-5-6-8-46(45)51-36-63(35-39-9-14-52(73-4)48(58)27-39)25-26-65(51)42-31-57(32-42)20-23-64(24-21-57)41-10-12-47(53(29-41)74-43-28-40-17-22-59-54(40)61-34-43)55(67)62-75(71,72)44-11-13-49(50(30-44)66(69)70)60-33-38-15-18-56(3,68)19-16-38/h5-14,17,22,27-30,34,37-38,42,51,60,68H,15-16,18-21,23-26,31-33,35-36H2,1-4H3,(H,59,61)(H,62,67)/t38-,51?,56-. The molecule has 16 nitrogen and oxygen atoms in total. The number of piperidine rings is 1. The van der Waals surface area contributed by atoms with Gasteiger partial charge in [0.25, 0.3) is 21.6 Å². The van der Waals surface area contributed by atoms with Crippen LogP contribution in [-0.2, 0) is 16.6 Å². The Bertz CT molecular complexity index is 3180. The molecule has 0 radical (unpaired) electrons. The number of halogens is 1. The Labute approximate surface area is 447 Å². The molecule has 1 amide bonds. The first kappa shape index (κ1) is 52.4. The number of aliphatic hydroxyl groups is 1. The van der Waals surface area contributed by atoms with Gasteiger partial charge in [-0.25, -0.2) is 18.1 Å². The molecule has 396 valence electrons. The molecule has 4 N–H and O–H groups in total. The molecule has 1 atom stereocenters. The Balaban J connectivity index is 0.831. The molecule has 4 aliphatic rings. The van der Waals surface area contributed by atoms with Crippen LogP contribution in [0.1, 0.15) is 111 Å². The number of piperazine rings is 1. The molecule has 2 aliphatic carbocycles. The van der Waals surface area contributed by atoms with Crippen LogP contribution in [0.25, 0.3) is 11.0 Å². The number of fused-ring (bicyclic) bond motifs is 1. The van der Waals surface area contributed by atoms with E-state index in [4.69, 9.17) is 9.47 Å². The van der Waals surface area contributed by atoms with E-state index in [1.165, 1.54) is 28.8 Å². The van der Waals surface area contributed by atoms with Crippen LogP contribution in [0.2, 0.25) is 0 Å². The fourth-order valence-corrected chi connectivity index (χ4v) is 13.6. The number of carbonyl (C=O) groups is 1. The summed E-state index contributed by atoms with van der Waals surface area (Å²) in [5.74, 6) is 0.984. The molecule has 4 aromatic carbocycles. The van der Waals surface area contributed by atoms with Crippen LogP contribution in [0.15, 0.2) is 113 Å². The first-order chi connectivity index (χ1) is 35.9. The fourth-order valence-electron chi connectivity index (χ4n) is 12.0. The number of rotatable bonds is 16. The third-order valence-corrected chi connectivity index (χ3v) is 18.3. The minimum Gasteiger partial charge on any atom is -0.496 e. The number of aromatic amines is 1. The highest BCUT2D eigenvalue weighted by molar-refractivity contribution is 9.10. The number of benzene rings is 4. The zero-order chi connectivity index (χ0) is 52.6. The van der Waals surface area contributed by atoms with Crippen LogP contribution in [0, 0.1) is 21.4 Å². The maximum absolute atomic E-state index is 14.1. The van der Waals surface area contributed by atoms with E-state index < -0.39 is 37.0 Å². The zero-order valence-corrected chi connectivity index (χ0v) is 45.5. The monoisotopic (exact) mass is 1100 g/mol. The first-order valence-electron chi connectivity index (χ1n) is 26.2. The van der Waals surface area contributed by atoms with Crippen LogP contribution in [0.5, 0.6) is 17.2 Å². The summed E-state index contributed by atoms with van der Waals surface area (Å²) in [4.78, 5) is 40.5. The van der Waals surface area contributed by atoms with Gasteiger partial charge in [0.15, 0.2) is 0 Å². The van der Waals surface area contributed by atoms with Gasteiger partial charge in [0, 0.05) is 87.3 Å². The number of nitro benzene ring substituents is 1. The minimum absolute atomic E-state index is 0.0309. The van der Waals surface area contributed by atoms with Crippen molar-refractivity contribution in [3.8, 4) is 17.2 Å². The number of nitrogens with one attached hydrogen (secondary N) is 3. The summed E-state index contributed by atoms with van der Waals surface area (Å²) in [6.07, 6.45) is 10.4. The van der Waals surface area contributed by atoms with Gasteiger partial charge >= 0.3 is 0 Å². The average Bonchev–Trinajstić information content (AvgIpc) is 3.86. The molecule has 10 rings (SSSR count). The van der Waals surface area contributed by atoms with Crippen LogP contribution in [-0.4, -0.2) is 102 Å². The van der Waals surface area contributed by atoms with E-state index in [0.29, 0.717) is 42.7 Å². The van der Waals surface area contributed by atoms with E-state index in [9.17, 15) is 28.4 Å². The van der Waals surface area contributed by atoms with Crippen molar-refractivity contribution in [2.75, 3.05) is 56.6 Å². The molecule has 0 bridgehead atoms. The van der Waals surface area contributed by atoms with Gasteiger partial charge in [-0.2, -0.15) is 0 Å². The second-order valence-corrected chi connectivity index (χ2v) is 24.4. The van der Waals surface area contributed by atoms with E-state index in [1.54, 1.807) is 37.7 Å². The molecule has 75 heavy (non-hydrogen) atoms. The van der Waals surface area contributed by atoms with Crippen molar-refractivity contribution in [1.29, 1.82) is 0 Å². The number of H-pyrrole nitrogens is 1. The zero-order valence-electron chi connectivity index (χ0n) is 43.1. The van der Waals surface area contributed by atoms with Crippen molar-refractivity contribution < 1.29 is 32.7 Å². The Hall–Kier alpha value is -6.05. The molecule has 6 aromatic rings. The van der Waals surface area contributed by atoms with Crippen LogP contribution in [0.4, 0.5) is 17.1 Å². The highest BCUT2D eigenvalue weighted by Crippen LogP contribution is 2.53. The van der Waals surface area contributed by atoms with E-state index >= 15 is 0 Å². The predicted octanol–water partition coefficient (Wildman–Crippen LogP) is 10.9. The number of anilines is 2. The summed E-state index contributed by atoms with van der Waals surface area (Å²) >= 11 is 3.69. The van der Waals surface area contributed by atoms with E-state index in [1.807, 2.05) is 25.1 Å². The summed E-state index contributed by atoms with van der Waals surface area (Å²) < 4.78 is 42.8. The molecule has 2 aliphatic heterocycles. The normalized spacial score (nSPS) is 21.5. The highest BCUT2D eigenvalue weighted by atomic mass is 79.9. The fraction of sp³-hybridized carbons (Fsp3) is 0.439. The largest absolute Gasteiger partial charge is 0.496 e. The number of ether oxygens (including phenoxy) is 2. The van der Waals surface area contributed by atoms with Gasteiger partial charge < -0.3 is 29.8 Å². The lowest BCUT2D eigenvalue weighted by atomic mass is 9.59. The van der Waals surface area contributed by atoms with Gasteiger partial charge in [0.1, 0.15) is 28.6 Å². The SMILES string of the molecule is COc1ccc(CN2CCN(C3CC4(CCN(c5ccc(C(=O)NS(=O)(=O)c6ccc(NC[C@H]7CC[C@](C)(O)CC7)c([N+](=O)[O-])c6)c(Oc6cnc7[nH]ccc7c6)c5)CC4)C3)C(c3ccccc3C(C)C)C2)cc1Br. The predicted molar refractivity (Wildman–Crippen MR) is 294 cm³/mol. The number of sulfonamides is 1. The van der Waals surface area contributed by atoms with E-state index in [2.05, 4.69) is 101 Å². The van der Waals surface area contributed by atoms with Gasteiger partial charge in [-0.15, -0.1) is 0 Å². The number of methoxy groups -OCH3 is 1. The van der Waals surface area contributed by atoms with Crippen LogP contribution >= 0.6 is 15.9 Å². The summed E-state index contributed by atoms with van der Waals surface area (Å²) in [5.41, 5.74) is 4.81. The number of aromatic nitrogens is 2. The first-order valence-corrected chi connectivity index (χ1v) is 28.4. The molecule has 1 unspecified atom stereocenters. The number of pyridine rings is 1. The van der Waals surface area contributed by atoms with Crippen molar-refractivity contribution >= 4 is 60.0 Å². The maximum atomic E-state index is 14.1. The van der Waals surface area contributed by atoms with Crippen LogP contribution < -0.4 is 24.4 Å². The lowest BCUT2D eigenvalue weighted by Crippen LogP contribution is -2.60. The molecule has 4 fully saturated rings. The second-order valence-electron chi connectivity index (χ2n) is 21.9. The van der Waals surface area contributed by atoms with Crippen molar-refractivity contribution in [3.63, 3.8) is 0 Å². The second kappa shape index (κ2) is 21.5. The lowest BCUT2D eigenvalue weighted by Gasteiger charge is -2.58.